The van der Waals surface area contributed by atoms with Gasteiger partial charge in [0.15, 0.2) is 0 Å². The predicted molar refractivity (Wildman–Crippen MR) is 97.7 cm³/mol. The van der Waals surface area contributed by atoms with Crippen LogP contribution in [0, 0.1) is 11.3 Å². The van der Waals surface area contributed by atoms with Gasteiger partial charge in [0.25, 0.3) is 0 Å². The fourth-order valence-electron chi connectivity index (χ4n) is 3.56. The molecule has 2 aliphatic rings. The molecule has 6 heteroatoms. The molecule has 0 bridgehead atoms. The summed E-state index contributed by atoms with van der Waals surface area (Å²) < 4.78 is 0. The molecule has 2 heterocycles. The molecule has 1 aromatic carbocycles. The molecule has 0 saturated carbocycles. The third-order valence-electron chi connectivity index (χ3n) is 5.15. The molecule has 5 nitrogen and oxygen atoms in total. The zero-order chi connectivity index (χ0) is 18.1. The van der Waals surface area contributed by atoms with E-state index in [1.807, 2.05) is 37.3 Å². The van der Waals surface area contributed by atoms with Crippen molar-refractivity contribution in [2.24, 2.45) is 0 Å². The van der Waals surface area contributed by atoms with E-state index in [2.05, 4.69) is 11.4 Å². The molecule has 0 spiro atoms. The Kier molecular flexibility index (Phi) is 4.79. The lowest BCUT2D eigenvalue weighted by Gasteiger charge is -2.32. The minimum Gasteiger partial charge on any atom is -0.336 e. The number of thioether (sulfide) groups is 1. The van der Waals surface area contributed by atoms with Gasteiger partial charge < -0.3 is 10.2 Å². The van der Waals surface area contributed by atoms with E-state index in [4.69, 9.17) is 0 Å². The van der Waals surface area contributed by atoms with Gasteiger partial charge in [-0.05, 0) is 38.7 Å². The third-order valence-corrected chi connectivity index (χ3v) is 6.65. The Balaban J connectivity index is 1.66. The van der Waals surface area contributed by atoms with Crippen molar-refractivity contribution < 1.29 is 9.59 Å². The molecule has 3 atom stereocenters. The summed E-state index contributed by atoms with van der Waals surface area (Å²) in [6.07, 6.45) is 2.52. The van der Waals surface area contributed by atoms with Crippen LogP contribution in [-0.2, 0) is 16.0 Å². The summed E-state index contributed by atoms with van der Waals surface area (Å²) in [7, 11) is 0. The number of carbonyl (C=O) groups excluding carboxylic acids is 2. The molecule has 25 heavy (non-hydrogen) atoms. The summed E-state index contributed by atoms with van der Waals surface area (Å²) in [5.74, 6) is 0.410. The summed E-state index contributed by atoms with van der Waals surface area (Å²) in [6.45, 7) is 3.77. The van der Waals surface area contributed by atoms with Crippen molar-refractivity contribution in [2.75, 3.05) is 5.75 Å². The van der Waals surface area contributed by atoms with E-state index in [0.29, 0.717) is 25.0 Å². The molecule has 0 aliphatic carbocycles. The predicted octanol–water partition coefficient (Wildman–Crippen LogP) is 2.47. The Morgan fingerprint density at radius 3 is 2.88 bits per heavy atom. The van der Waals surface area contributed by atoms with E-state index in [0.717, 1.165) is 12.0 Å². The van der Waals surface area contributed by atoms with Crippen LogP contribution in [0.5, 0.6) is 0 Å². The number of carbonyl (C=O) groups is 2. The number of hydrogen-bond acceptors (Lipinski definition) is 4. The average molecular weight is 357 g/mol. The number of nitrogens with one attached hydrogen (secondary N) is 1. The van der Waals surface area contributed by atoms with E-state index in [9.17, 15) is 14.9 Å². The van der Waals surface area contributed by atoms with Crippen molar-refractivity contribution in [1.29, 1.82) is 5.26 Å². The fourth-order valence-corrected chi connectivity index (χ4v) is 4.99. The lowest BCUT2D eigenvalue weighted by molar-refractivity contribution is -0.138. The first-order valence-electron chi connectivity index (χ1n) is 8.60. The van der Waals surface area contributed by atoms with Gasteiger partial charge in [0.1, 0.15) is 11.6 Å². The van der Waals surface area contributed by atoms with Crippen LogP contribution in [-0.4, -0.2) is 38.9 Å². The first-order valence-corrected chi connectivity index (χ1v) is 9.59. The molecule has 2 saturated heterocycles. The summed E-state index contributed by atoms with van der Waals surface area (Å²) in [5, 5.41) is 12.5. The quantitative estimate of drug-likeness (QED) is 0.879. The molecule has 0 radical (unpaired) electrons. The smallest absolute Gasteiger partial charge is 0.244 e. The van der Waals surface area contributed by atoms with Gasteiger partial charge in [-0.2, -0.15) is 5.26 Å². The van der Waals surface area contributed by atoms with Crippen molar-refractivity contribution in [3.05, 3.63) is 35.9 Å². The van der Waals surface area contributed by atoms with E-state index in [1.54, 1.807) is 23.6 Å². The highest BCUT2D eigenvalue weighted by Gasteiger charge is 2.53. The van der Waals surface area contributed by atoms with Crippen LogP contribution in [0.15, 0.2) is 30.3 Å². The molecular weight excluding hydrogens is 334 g/mol. The Labute approximate surface area is 152 Å². The van der Waals surface area contributed by atoms with Crippen LogP contribution in [0.4, 0.5) is 0 Å². The second kappa shape index (κ2) is 6.72. The SMILES string of the molecule is C[C@](C#N)(CCc1ccccc1)NC(=O)[C@@H]1CS[C@]2(C)CCC(=O)N12. The largest absolute Gasteiger partial charge is 0.336 e. The molecular formula is C19H23N3O2S. The number of fused-ring (bicyclic) bond motifs is 1. The van der Waals surface area contributed by atoms with Gasteiger partial charge in [-0.25, -0.2) is 0 Å². The molecule has 0 unspecified atom stereocenters. The Bertz CT molecular complexity index is 717. The maximum Gasteiger partial charge on any atom is 0.244 e. The van der Waals surface area contributed by atoms with Crippen molar-refractivity contribution in [3.63, 3.8) is 0 Å². The first-order chi connectivity index (χ1) is 11.9. The topological polar surface area (TPSA) is 73.2 Å². The summed E-state index contributed by atoms with van der Waals surface area (Å²) in [6, 6.07) is 11.7. The second-order valence-electron chi connectivity index (χ2n) is 7.18. The van der Waals surface area contributed by atoms with E-state index in [1.165, 1.54) is 0 Å². The highest BCUT2D eigenvalue weighted by atomic mass is 32.2. The number of nitriles is 1. The lowest BCUT2D eigenvalue weighted by Crippen LogP contribution is -2.55. The number of hydrogen-bond donors (Lipinski definition) is 1. The molecule has 2 aliphatic heterocycles. The van der Waals surface area contributed by atoms with Crippen LogP contribution >= 0.6 is 11.8 Å². The molecule has 2 amide bonds. The van der Waals surface area contributed by atoms with Gasteiger partial charge in [0.2, 0.25) is 11.8 Å². The highest BCUT2D eigenvalue weighted by molar-refractivity contribution is 8.01. The van der Waals surface area contributed by atoms with Crippen molar-refractivity contribution >= 4 is 23.6 Å². The van der Waals surface area contributed by atoms with Gasteiger partial charge in [-0.15, -0.1) is 11.8 Å². The fraction of sp³-hybridized carbons (Fsp3) is 0.526. The molecule has 3 rings (SSSR count). The summed E-state index contributed by atoms with van der Waals surface area (Å²) in [4.78, 5) is 26.4. The zero-order valence-corrected chi connectivity index (χ0v) is 15.4. The monoisotopic (exact) mass is 357 g/mol. The number of rotatable bonds is 5. The number of amides is 2. The Hall–Kier alpha value is -2.00. The maximum atomic E-state index is 12.8. The normalized spacial score (nSPS) is 27.5. The van der Waals surface area contributed by atoms with Crippen molar-refractivity contribution in [2.45, 2.75) is 56.0 Å². The van der Waals surface area contributed by atoms with Crippen LogP contribution in [0.2, 0.25) is 0 Å². The zero-order valence-electron chi connectivity index (χ0n) is 14.6. The molecule has 132 valence electrons. The van der Waals surface area contributed by atoms with Crippen LogP contribution in [0.25, 0.3) is 0 Å². The first kappa shape index (κ1) is 17.8. The van der Waals surface area contributed by atoms with Crippen LogP contribution in [0.1, 0.15) is 38.7 Å². The van der Waals surface area contributed by atoms with Gasteiger partial charge in [0.05, 0.1) is 10.9 Å². The maximum absolute atomic E-state index is 12.8. The summed E-state index contributed by atoms with van der Waals surface area (Å²) >= 11 is 1.66. The van der Waals surface area contributed by atoms with Gasteiger partial charge in [0, 0.05) is 12.2 Å². The van der Waals surface area contributed by atoms with Gasteiger partial charge in [-0.3, -0.25) is 9.59 Å². The Morgan fingerprint density at radius 1 is 1.48 bits per heavy atom. The molecule has 1 N–H and O–H groups in total. The average Bonchev–Trinajstić information content (AvgIpc) is 3.10. The lowest BCUT2D eigenvalue weighted by atomic mass is 9.94. The standard InChI is InChI=1S/C19H23N3O2S/c1-18(13-20,10-8-14-6-4-3-5-7-14)21-17(24)15-12-25-19(2)11-9-16(23)22(15)19/h3-7,15H,8-12H2,1-2H3,(H,21,24)/t15-,18+,19+/m0/s1. The number of nitrogens with zero attached hydrogens (tertiary/aromatic N) is 2. The van der Waals surface area contributed by atoms with Crippen LogP contribution in [0.3, 0.4) is 0 Å². The van der Waals surface area contributed by atoms with Crippen LogP contribution < -0.4 is 5.32 Å². The van der Waals surface area contributed by atoms with Gasteiger partial charge in [-0.1, -0.05) is 30.3 Å². The number of benzene rings is 1. The molecule has 0 aromatic heterocycles. The summed E-state index contributed by atoms with van der Waals surface area (Å²) in [5.41, 5.74) is 0.191. The molecule has 1 aromatic rings. The minimum atomic E-state index is -0.945. The minimum absolute atomic E-state index is 0.0376. The molecule has 2 fully saturated rings. The van der Waals surface area contributed by atoms with E-state index < -0.39 is 11.6 Å². The second-order valence-corrected chi connectivity index (χ2v) is 8.69. The van der Waals surface area contributed by atoms with E-state index in [-0.39, 0.29) is 16.7 Å². The highest BCUT2D eigenvalue weighted by Crippen LogP contribution is 2.47. The Morgan fingerprint density at radius 2 is 2.20 bits per heavy atom. The number of aryl methyl sites for hydroxylation is 1. The van der Waals surface area contributed by atoms with Crippen molar-refractivity contribution in [3.8, 4) is 6.07 Å². The van der Waals surface area contributed by atoms with E-state index >= 15 is 0 Å². The third kappa shape index (κ3) is 3.52. The van der Waals surface area contributed by atoms with Crippen molar-refractivity contribution in [1.82, 2.24) is 10.2 Å². The van der Waals surface area contributed by atoms with Gasteiger partial charge >= 0.3 is 0 Å².